The molecule has 0 radical (unpaired) electrons. The van der Waals surface area contributed by atoms with Gasteiger partial charge in [0.05, 0.1) is 37.2 Å². The van der Waals surface area contributed by atoms with Gasteiger partial charge in [0.15, 0.2) is 43.8 Å². The Morgan fingerprint density at radius 1 is 0.645 bits per heavy atom. The normalized spacial score (nSPS) is 11.8. The Bertz CT molecular complexity index is 3020. The maximum absolute atomic E-state index is 9.64. The summed E-state index contributed by atoms with van der Waals surface area (Å²) in [5, 5.41) is 30.5. The number of hydrogen-bond acceptors (Lipinski definition) is 17. The second-order valence-electron chi connectivity index (χ2n) is 13.3. The summed E-state index contributed by atoms with van der Waals surface area (Å²) in [5.41, 5.74) is 13.8. The molecule has 8 aromatic rings. The van der Waals surface area contributed by atoms with Gasteiger partial charge in [-0.3, -0.25) is 0 Å². The van der Waals surface area contributed by atoms with Crippen LogP contribution in [0.1, 0.15) is 22.3 Å². The highest BCUT2D eigenvalue weighted by atomic mass is 35.5. The van der Waals surface area contributed by atoms with Crippen molar-refractivity contribution in [2.24, 2.45) is 0 Å². The van der Waals surface area contributed by atoms with Crippen LogP contribution in [0, 0.1) is 36.5 Å². The van der Waals surface area contributed by atoms with Crippen molar-refractivity contribution >= 4 is 118 Å². The van der Waals surface area contributed by atoms with E-state index in [2.05, 4.69) is 48.0 Å². The minimum Gasteiger partial charge on any atom is -0.454 e. The number of nitrogens with two attached hydrogens (primary N) is 1. The monoisotopic (exact) mass is 918 g/mol. The third kappa shape index (κ3) is 8.99. The van der Waals surface area contributed by atoms with Crippen molar-refractivity contribution in [3.8, 4) is 35.1 Å². The summed E-state index contributed by atoms with van der Waals surface area (Å²) >= 11 is 17.1. The Labute approximate surface area is 377 Å². The van der Waals surface area contributed by atoms with E-state index in [0.29, 0.717) is 83.3 Å². The van der Waals surface area contributed by atoms with Crippen molar-refractivity contribution in [1.82, 2.24) is 19.9 Å². The maximum atomic E-state index is 9.64. The second-order valence-corrected chi connectivity index (χ2v) is 17.2. The third-order valence-corrected chi connectivity index (χ3v) is 12.8. The first kappa shape index (κ1) is 42.0. The summed E-state index contributed by atoms with van der Waals surface area (Å²) in [4.78, 5) is 17.6. The van der Waals surface area contributed by atoms with Crippen molar-refractivity contribution in [2.45, 2.75) is 18.2 Å². The average molecular weight is 920 g/mol. The number of ether oxygens (including phenoxy) is 4. The number of nitriles is 2. The fourth-order valence-corrected chi connectivity index (χ4v) is 8.86. The molecule has 6 heterocycles. The van der Waals surface area contributed by atoms with E-state index in [0.717, 1.165) is 25.1 Å². The first-order chi connectivity index (χ1) is 30.1. The van der Waals surface area contributed by atoms with E-state index in [4.69, 9.17) is 47.9 Å². The summed E-state index contributed by atoms with van der Waals surface area (Å²) in [6.07, 6.45) is 4.94. The van der Waals surface area contributed by atoms with Crippen molar-refractivity contribution in [3.05, 3.63) is 117 Å². The van der Waals surface area contributed by atoms with E-state index in [1.807, 2.05) is 68.6 Å². The minimum absolute atomic E-state index is 0.117. The van der Waals surface area contributed by atoms with Crippen molar-refractivity contribution in [2.75, 3.05) is 41.5 Å². The van der Waals surface area contributed by atoms with Gasteiger partial charge in [0.25, 0.3) is 0 Å². The molecule has 4 aromatic heterocycles. The third-order valence-electron chi connectivity index (χ3n) is 9.10. The zero-order chi connectivity index (χ0) is 43.3. The molecule has 0 aliphatic carbocycles. The molecule has 19 heteroatoms. The fraction of sp³-hybridized carbons (Fsp3) is 0.116. The number of aromatic nitrogens is 4. The number of thioether (sulfide) groups is 1. The maximum Gasteiger partial charge on any atom is 0.231 e. The van der Waals surface area contributed by atoms with Gasteiger partial charge in [-0.25, -0.2) is 15.0 Å². The van der Waals surface area contributed by atoms with Gasteiger partial charge in [-0.15, -0.1) is 11.3 Å². The van der Waals surface area contributed by atoms with Crippen molar-refractivity contribution in [1.29, 1.82) is 10.5 Å². The molecule has 0 fully saturated rings. The van der Waals surface area contributed by atoms with Crippen LogP contribution in [0.15, 0.2) is 89.5 Å². The predicted octanol–water partition coefficient (Wildman–Crippen LogP) is 11.7. The largest absolute Gasteiger partial charge is 0.454 e. The molecule has 0 saturated carbocycles. The quantitative estimate of drug-likeness (QED) is 0.0869. The summed E-state index contributed by atoms with van der Waals surface area (Å²) in [7, 11) is 0. The van der Waals surface area contributed by atoms with Crippen LogP contribution in [0.4, 0.5) is 39.3 Å². The second kappa shape index (κ2) is 18.5. The van der Waals surface area contributed by atoms with Crippen molar-refractivity contribution < 1.29 is 18.9 Å². The molecule has 0 amide bonds. The van der Waals surface area contributed by atoms with E-state index in [9.17, 15) is 10.5 Å². The first-order valence-corrected chi connectivity index (χ1v) is 22.0. The topological polar surface area (TPSA) is 198 Å². The Kier molecular flexibility index (Phi) is 12.5. The molecule has 0 bridgehead atoms. The Balaban J connectivity index is 0.000000147. The molecule has 0 spiro atoms. The minimum atomic E-state index is 0.117. The lowest BCUT2D eigenvalue weighted by atomic mass is 10.2. The lowest BCUT2D eigenvalue weighted by Crippen LogP contribution is -1.98. The number of nitrogens with zero attached hydrogens (tertiary/aromatic N) is 6. The standard InChI is InChI=1S/C21H14ClN5O2S.C15H9ClN4O2S2.C7H9N/c1-11-2-4-13(5-3-11)25-21-27-20-19(30-21)16(12(8-23)9-24-20)26-17-14(22)6-7-15-18(17)29-10-28-15;1-23-15-20-14-13(24-15)10(7(4-17)5-18-14)19-11-8(16)2-3-9-12(11)22-6-21-9;1-6-2-4-7(8)5-3-6/h2-7,9H,10H2,1H3,(H2,24,25,26,27);2-3,5H,6H2,1H3,(H,18,19);2-5H,8H2,1H3. The summed E-state index contributed by atoms with van der Waals surface area (Å²) in [5.74, 6) is 2.25. The number of nitrogens with one attached hydrogen (secondary N) is 3. The number of nitrogen functional groups attached to an aromatic ring is 1. The summed E-state index contributed by atoms with van der Waals surface area (Å²) < 4.78 is 24.3. The number of thiazole rings is 2. The van der Waals surface area contributed by atoms with Crippen LogP contribution in [0.3, 0.4) is 0 Å². The summed E-state index contributed by atoms with van der Waals surface area (Å²) in [6.45, 7) is 4.33. The van der Waals surface area contributed by atoms with E-state index in [1.54, 1.807) is 24.3 Å². The number of fused-ring (bicyclic) bond motifs is 4. The van der Waals surface area contributed by atoms with Gasteiger partial charge in [0.1, 0.15) is 28.2 Å². The molecule has 4 aromatic carbocycles. The molecule has 0 unspecified atom stereocenters. The van der Waals surface area contributed by atoms with Crippen LogP contribution in [-0.2, 0) is 0 Å². The van der Waals surface area contributed by atoms with E-state index >= 15 is 0 Å². The number of aryl methyl sites for hydroxylation is 2. The number of rotatable bonds is 7. The lowest BCUT2D eigenvalue weighted by molar-refractivity contribution is 0.174. The van der Waals surface area contributed by atoms with E-state index in [-0.39, 0.29) is 13.6 Å². The molecule has 5 N–H and O–H groups in total. The van der Waals surface area contributed by atoms with Gasteiger partial charge in [0.2, 0.25) is 13.6 Å². The number of hydrogen-bond donors (Lipinski definition) is 4. The number of halogens is 2. The van der Waals surface area contributed by atoms with Gasteiger partial charge in [-0.05, 0) is 68.6 Å². The lowest BCUT2D eigenvalue weighted by Gasteiger charge is -2.12. The summed E-state index contributed by atoms with van der Waals surface area (Å²) in [6, 6.07) is 27.1. The predicted molar refractivity (Wildman–Crippen MR) is 248 cm³/mol. The molecular weight excluding hydrogens is 888 g/mol. The Hall–Kier alpha value is -6.73. The molecule has 14 nitrogen and oxygen atoms in total. The molecule has 2 aliphatic heterocycles. The van der Waals surface area contributed by atoms with Crippen LogP contribution in [-0.4, -0.2) is 39.8 Å². The molecule has 0 atom stereocenters. The van der Waals surface area contributed by atoms with Crippen molar-refractivity contribution in [3.63, 3.8) is 0 Å². The van der Waals surface area contributed by atoms with Crippen LogP contribution in [0.2, 0.25) is 10.0 Å². The number of benzene rings is 4. The fourth-order valence-electron chi connectivity index (χ4n) is 6.00. The zero-order valence-electron chi connectivity index (χ0n) is 32.9. The zero-order valence-corrected chi connectivity index (χ0v) is 36.8. The van der Waals surface area contributed by atoms with Gasteiger partial charge in [-0.1, -0.05) is 81.7 Å². The van der Waals surface area contributed by atoms with Gasteiger partial charge >= 0.3 is 0 Å². The van der Waals surface area contributed by atoms with Crippen LogP contribution >= 0.6 is 57.6 Å². The van der Waals surface area contributed by atoms with E-state index in [1.165, 1.54) is 58.0 Å². The molecule has 62 heavy (non-hydrogen) atoms. The Morgan fingerprint density at radius 2 is 1.15 bits per heavy atom. The molecule has 2 aliphatic rings. The highest BCUT2D eigenvalue weighted by Gasteiger charge is 2.25. The molecule has 310 valence electrons. The number of pyridine rings is 2. The van der Waals surface area contributed by atoms with Crippen LogP contribution in [0.5, 0.6) is 23.0 Å². The van der Waals surface area contributed by atoms with Gasteiger partial charge < -0.3 is 40.6 Å². The van der Waals surface area contributed by atoms with Crippen LogP contribution < -0.4 is 40.6 Å². The Morgan fingerprint density at radius 3 is 1.65 bits per heavy atom. The highest BCUT2D eigenvalue weighted by molar-refractivity contribution is 8.00. The van der Waals surface area contributed by atoms with E-state index < -0.39 is 0 Å². The highest BCUT2D eigenvalue weighted by Crippen LogP contribution is 2.48. The molecule has 10 rings (SSSR count). The van der Waals surface area contributed by atoms with Gasteiger partial charge in [0, 0.05) is 23.8 Å². The SMILES string of the molecule is CSc1nc2ncc(C#N)c(Nc3c(Cl)ccc4c3OCO4)c2s1.Cc1ccc(N)cc1.Cc1ccc(Nc2nc3ncc(C#N)c(Nc4c(Cl)ccc5c4OCO5)c3s2)cc1. The smallest absolute Gasteiger partial charge is 0.231 e. The van der Waals surface area contributed by atoms with Gasteiger partial charge in [-0.2, -0.15) is 15.5 Å². The first-order valence-electron chi connectivity index (χ1n) is 18.4. The number of anilines is 7. The molecule has 0 saturated heterocycles. The molecular formula is C43H32Cl2N10O4S3. The van der Waals surface area contributed by atoms with Crippen LogP contribution in [0.25, 0.3) is 20.7 Å². The average Bonchev–Trinajstić information content (AvgIpc) is 4.12.